The number of halogens is 1. The molecule has 0 radical (unpaired) electrons. The molecule has 1 fully saturated rings. The monoisotopic (exact) mass is 379 g/mol. The fourth-order valence-electron chi connectivity index (χ4n) is 2.80. The number of nitrogens with one attached hydrogen (secondary N) is 1. The number of hydrogen-bond donors (Lipinski definition) is 1. The Morgan fingerprint density at radius 3 is 2.48 bits per heavy atom. The van der Waals surface area contributed by atoms with Gasteiger partial charge in [-0.05, 0) is 29.8 Å². The van der Waals surface area contributed by atoms with E-state index in [1.165, 1.54) is 4.88 Å². The minimum Gasteiger partial charge on any atom is -0.497 e. The zero-order chi connectivity index (χ0) is 17.6. The molecule has 0 spiro atoms. The lowest BCUT2D eigenvalue weighted by Gasteiger charge is -2.34. The molecule has 2 aromatic rings. The van der Waals surface area contributed by atoms with Crippen molar-refractivity contribution in [3.63, 3.8) is 0 Å². The quantitative estimate of drug-likeness (QED) is 0.865. The normalized spacial score (nSPS) is 15.2. The molecule has 2 amide bonds. The molecule has 0 unspecified atom stereocenters. The smallest absolute Gasteiger partial charge is 0.317 e. The molecule has 0 bridgehead atoms. The summed E-state index contributed by atoms with van der Waals surface area (Å²) in [6, 6.07) is 11.7. The number of nitrogens with zero attached hydrogens (tertiary/aromatic N) is 2. The number of benzene rings is 1. The Kier molecular flexibility index (Phi) is 6.18. The van der Waals surface area contributed by atoms with Gasteiger partial charge in [0.25, 0.3) is 0 Å². The average Bonchev–Trinajstić information content (AvgIpc) is 3.05. The fraction of sp³-hybridized carbons (Fsp3) is 0.389. The molecule has 0 saturated carbocycles. The Bertz CT molecular complexity index is 697. The Morgan fingerprint density at radius 2 is 1.88 bits per heavy atom. The molecule has 0 aliphatic carbocycles. The Morgan fingerprint density at radius 1 is 1.16 bits per heavy atom. The van der Waals surface area contributed by atoms with Crippen molar-refractivity contribution in [2.24, 2.45) is 0 Å². The number of hydrogen-bond acceptors (Lipinski definition) is 4. The predicted molar refractivity (Wildman–Crippen MR) is 101 cm³/mol. The minimum atomic E-state index is -0.00497. The molecule has 3 rings (SSSR count). The number of rotatable bonds is 5. The summed E-state index contributed by atoms with van der Waals surface area (Å²) in [6.07, 6.45) is 0. The third kappa shape index (κ3) is 5.11. The molecule has 25 heavy (non-hydrogen) atoms. The van der Waals surface area contributed by atoms with Crippen LogP contribution in [0.3, 0.4) is 0 Å². The first-order valence-corrected chi connectivity index (χ1v) is 9.46. The van der Waals surface area contributed by atoms with Crippen LogP contribution < -0.4 is 10.1 Å². The van der Waals surface area contributed by atoms with Crippen molar-refractivity contribution < 1.29 is 9.53 Å². The van der Waals surface area contributed by atoms with Gasteiger partial charge in [0.15, 0.2) is 0 Å². The topological polar surface area (TPSA) is 44.8 Å². The summed E-state index contributed by atoms with van der Waals surface area (Å²) in [5.74, 6) is 0.818. The van der Waals surface area contributed by atoms with Crippen LogP contribution in [0, 0.1) is 0 Å². The summed E-state index contributed by atoms with van der Waals surface area (Å²) < 4.78 is 5.96. The molecule has 1 N–H and O–H groups in total. The lowest BCUT2D eigenvalue weighted by atomic mass is 10.2. The van der Waals surface area contributed by atoms with Gasteiger partial charge in [-0.15, -0.1) is 11.3 Å². The van der Waals surface area contributed by atoms with Crippen LogP contribution in [0.4, 0.5) is 4.79 Å². The van der Waals surface area contributed by atoms with E-state index in [1.807, 2.05) is 35.2 Å². The second kappa shape index (κ2) is 8.56. The zero-order valence-corrected chi connectivity index (χ0v) is 15.8. The van der Waals surface area contributed by atoms with E-state index in [0.717, 1.165) is 48.4 Å². The van der Waals surface area contributed by atoms with Gasteiger partial charge in [0.05, 0.1) is 11.4 Å². The minimum absolute atomic E-state index is 0.00497. The number of piperazine rings is 1. The summed E-state index contributed by atoms with van der Waals surface area (Å²) in [6.45, 7) is 4.67. The Labute approximate surface area is 157 Å². The van der Waals surface area contributed by atoms with Crippen LogP contribution in [0.1, 0.15) is 10.4 Å². The molecule has 1 aliphatic heterocycles. The van der Waals surface area contributed by atoms with E-state index in [2.05, 4.69) is 16.3 Å². The number of carbonyl (C=O) groups is 1. The van der Waals surface area contributed by atoms with Gasteiger partial charge in [0.2, 0.25) is 0 Å². The molecular weight excluding hydrogens is 358 g/mol. The molecule has 1 aromatic heterocycles. The Hall–Kier alpha value is -1.76. The van der Waals surface area contributed by atoms with Gasteiger partial charge in [0, 0.05) is 44.1 Å². The van der Waals surface area contributed by atoms with Crippen LogP contribution in [0.15, 0.2) is 36.4 Å². The van der Waals surface area contributed by atoms with Gasteiger partial charge in [-0.2, -0.15) is 0 Å². The Balaban J connectivity index is 1.41. The summed E-state index contributed by atoms with van der Waals surface area (Å²) in [7, 11) is 1.64. The van der Waals surface area contributed by atoms with E-state index < -0.39 is 0 Å². The van der Waals surface area contributed by atoms with Crippen molar-refractivity contribution >= 4 is 29.0 Å². The standard InChI is InChI=1S/C18H22ClN3O2S/c1-24-15-4-2-14(3-5-15)12-20-18(23)22-10-8-21(9-11-22)13-16-6-7-17(19)25-16/h2-7H,8-13H2,1H3,(H,20,23). The van der Waals surface area contributed by atoms with Crippen LogP contribution in [-0.4, -0.2) is 49.1 Å². The third-order valence-electron chi connectivity index (χ3n) is 4.27. The van der Waals surface area contributed by atoms with E-state index in [-0.39, 0.29) is 6.03 Å². The second-order valence-electron chi connectivity index (χ2n) is 5.98. The number of urea groups is 1. The molecule has 5 nitrogen and oxygen atoms in total. The van der Waals surface area contributed by atoms with Crippen LogP contribution in [0.25, 0.3) is 0 Å². The van der Waals surface area contributed by atoms with Crippen LogP contribution in [0.2, 0.25) is 4.34 Å². The van der Waals surface area contributed by atoms with Crippen molar-refractivity contribution in [1.29, 1.82) is 0 Å². The lowest BCUT2D eigenvalue weighted by molar-refractivity contribution is 0.135. The van der Waals surface area contributed by atoms with Crippen molar-refractivity contribution in [2.45, 2.75) is 13.1 Å². The first-order chi connectivity index (χ1) is 12.1. The molecule has 0 atom stereocenters. The highest BCUT2D eigenvalue weighted by atomic mass is 35.5. The van der Waals surface area contributed by atoms with Crippen molar-refractivity contribution in [3.8, 4) is 5.75 Å². The van der Waals surface area contributed by atoms with Gasteiger partial charge in [-0.3, -0.25) is 4.90 Å². The van der Waals surface area contributed by atoms with E-state index in [1.54, 1.807) is 18.4 Å². The predicted octanol–water partition coefficient (Wildman–Crippen LogP) is 3.44. The van der Waals surface area contributed by atoms with Gasteiger partial charge < -0.3 is 15.0 Å². The number of thiophene rings is 1. The fourth-order valence-corrected chi connectivity index (χ4v) is 3.93. The lowest BCUT2D eigenvalue weighted by Crippen LogP contribution is -2.51. The second-order valence-corrected chi connectivity index (χ2v) is 7.78. The maximum absolute atomic E-state index is 12.3. The van der Waals surface area contributed by atoms with Crippen molar-refractivity contribution in [3.05, 3.63) is 51.2 Å². The molecule has 1 saturated heterocycles. The highest BCUT2D eigenvalue weighted by Crippen LogP contribution is 2.23. The highest BCUT2D eigenvalue weighted by Gasteiger charge is 2.21. The summed E-state index contributed by atoms with van der Waals surface area (Å²) in [4.78, 5) is 17.8. The van der Waals surface area contributed by atoms with E-state index in [4.69, 9.17) is 16.3 Å². The van der Waals surface area contributed by atoms with E-state index >= 15 is 0 Å². The first kappa shape index (κ1) is 18.0. The summed E-state index contributed by atoms with van der Waals surface area (Å²) in [5, 5.41) is 2.99. The van der Waals surface area contributed by atoms with Crippen LogP contribution >= 0.6 is 22.9 Å². The van der Waals surface area contributed by atoms with Crippen molar-refractivity contribution in [2.75, 3.05) is 33.3 Å². The SMILES string of the molecule is COc1ccc(CNC(=O)N2CCN(Cc3ccc(Cl)s3)CC2)cc1. The number of methoxy groups -OCH3 is 1. The molecular formula is C18H22ClN3O2S. The maximum atomic E-state index is 12.3. The molecule has 134 valence electrons. The number of amides is 2. The van der Waals surface area contributed by atoms with Crippen LogP contribution in [-0.2, 0) is 13.1 Å². The first-order valence-electron chi connectivity index (χ1n) is 8.26. The summed E-state index contributed by atoms with van der Waals surface area (Å²) in [5.41, 5.74) is 1.06. The average molecular weight is 380 g/mol. The van der Waals surface area contributed by atoms with Gasteiger partial charge in [-0.25, -0.2) is 4.79 Å². The maximum Gasteiger partial charge on any atom is 0.317 e. The van der Waals surface area contributed by atoms with Gasteiger partial charge >= 0.3 is 6.03 Å². The van der Waals surface area contributed by atoms with E-state index in [9.17, 15) is 4.79 Å². The molecule has 2 heterocycles. The van der Waals surface area contributed by atoms with Gasteiger partial charge in [0.1, 0.15) is 5.75 Å². The van der Waals surface area contributed by atoms with Gasteiger partial charge in [-0.1, -0.05) is 23.7 Å². The number of ether oxygens (including phenoxy) is 1. The van der Waals surface area contributed by atoms with Crippen LogP contribution in [0.5, 0.6) is 5.75 Å². The molecule has 7 heteroatoms. The third-order valence-corrected chi connectivity index (χ3v) is 5.49. The van der Waals surface area contributed by atoms with Crippen molar-refractivity contribution in [1.82, 2.24) is 15.1 Å². The summed E-state index contributed by atoms with van der Waals surface area (Å²) >= 11 is 7.60. The largest absolute Gasteiger partial charge is 0.497 e. The zero-order valence-electron chi connectivity index (χ0n) is 14.2. The van der Waals surface area contributed by atoms with E-state index in [0.29, 0.717) is 6.54 Å². The molecule has 1 aliphatic rings. The number of carbonyl (C=O) groups excluding carboxylic acids is 1. The highest BCUT2D eigenvalue weighted by molar-refractivity contribution is 7.16. The molecule has 1 aromatic carbocycles.